The van der Waals surface area contributed by atoms with Gasteiger partial charge in [0.1, 0.15) is 5.75 Å². The molecule has 0 bridgehead atoms. The number of rotatable bonds is 6. The second-order valence-corrected chi connectivity index (χ2v) is 8.24. The quantitative estimate of drug-likeness (QED) is 0.659. The van der Waals surface area contributed by atoms with E-state index in [0.717, 1.165) is 31.7 Å². The van der Waals surface area contributed by atoms with Gasteiger partial charge in [-0.1, -0.05) is 30.3 Å². The Morgan fingerprint density at radius 1 is 1.03 bits per heavy atom. The number of nitrogens with one attached hydrogen (secondary N) is 2. The van der Waals surface area contributed by atoms with E-state index >= 15 is 0 Å². The lowest BCUT2D eigenvalue weighted by molar-refractivity contribution is -0.136. The molecular weight excluding hydrogens is 420 g/mol. The third-order valence-electron chi connectivity index (χ3n) is 6.22. The Balaban J connectivity index is 1.54. The van der Waals surface area contributed by atoms with Crippen molar-refractivity contribution in [2.24, 2.45) is 0 Å². The van der Waals surface area contributed by atoms with Crippen molar-refractivity contribution in [3.05, 3.63) is 70.9 Å². The number of hydrogen-bond donors (Lipinski definition) is 2. The minimum atomic E-state index is -0.597. The van der Waals surface area contributed by atoms with Crippen LogP contribution in [0.5, 0.6) is 5.75 Å². The van der Waals surface area contributed by atoms with Crippen molar-refractivity contribution >= 4 is 17.7 Å². The maximum absolute atomic E-state index is 12.8. The van der Waals surface area contributed by atoms with E-state index < -0.39 is 12.0 Å². The van der Waals surface area contributed by atoms with Gasteiger partial charge < -0.3 is 25.0 Å². The van der Waals surface area contributed by atoms with Gasteiger partial charge in [-0.3, -0.25) is 4.90 Å². The smallest absolute Gasteiger partial charge is 0.338 e. The van der Waals surface area contributed by atoms with E-state index in [2.05, 4.69) is 51.6 Å². The molecule has 8 nitrogen and oxygen atoms in total. The molecule has 0 saturated carbocycles. The molecule has 2 aliphatic rings. The molecule has 2 N–H and O–H groups in total. The molecule has 0 aliphatic carbocycles. The molecule has 2 aliphatic heterocycles. The van der Waals surface area contributed by atoms with Crippen LogP contribution in [0.1, 0.15) is 17.2 Å². The first-order valence-corrected chi connectivity index (χ1v) is 11.1. The number of aryl methyl sites for hydroxylation is 1. The van der Waals surface area contributed by atoms with E-state index in [4.69, 9.17) is 9.47 Å². The van der Waals surface area contributed by atoms with Gasteiger partial charge >= 0.3 is 12.0 Å². The lowest BCUT2D eigenvalue weighted by Gasteiger charge is -2.38. The van der Waals surface area contributed by atoms with Crippen molar-refractivity contribution < 1.29 is 19.1 Å². The first-order valence-electron chi connectivity index (χ1n) is 11.1. The first-order chi connectivity index (χ1) is 16.0. The largest absolute Gasteiger partial charge is 0.497 e. The SMILES string of the molecule is COC(=O)C1=C(CN2CCN(c3ccccc3C)CC2)NC(=O)N[C@@H]1c1ccc(OC)cc1. The molecule has 2 aromatic rings. The average Bonchev–Trinajstić information content (AvgIpc) is 2.84. The highest BCUT2D eigenvalue weighted by atomic mass is 16.5. The van der Waals surface area contributed by atoms with Crippen LogP contribution in [-0.4, -0.2) is 63.8 Å². The maximum Gasteiger partial charge on any atom is 0.338 e. The van der Waals surface area contributed by atoms with Crippen molar-refractivity contribution in [1.82, 2.24) is 15.5 Å². The zero-order chi connectivity index (χ0) is 23.4. The number of para-hydroxylation sites is 1. The number of nitrogens with zero attached hydrogens (tertiary/aromatic N) is 2. The number of methoxy groups -OCH3 is 2. The molecule has 1 atom stereocenters. The summed E-state index contributed by atoms with van der Waals surface area (Å²) in [6, 6.07) is 14.8. The number of piperazine rings is 1. The Morgan fingerprint density at radius 2 is 1.73 bits per heavy atom. The topological polar surface area (TPSA) is 83.1 Å². The number of carbonyl (C=O) groups excluding carboxylic acids is 2. The van der Waals surface area contributed by atoms with Crippen LogP contribution in [0.3, 0.4) is 0 Å². The fraction of sp³-hybridized carbons (Fsp3) is 0.360. The molecule has 1 fully saturated rings. The molecule has 2 amide bonds. The predicted molar refractivity (Wildman–Crippen MR) is 126 cm³/mol. The van der Waals surface area contributed by atoms with Gasteiger partial charge in [0.2, 0.25) is 0 Å². The molecule has 8 heteroatoms. The molecule has 2 aromatic carbocycles. The van der Waals surface area contributed by atoms with E-state index in [0.29, 0.717) is 23.6 Å². The third kappa shape index (κ3) is 4.96. The van der Waals surface area contributed by atoms with Gasteiger partial charge in [0.25, 0.3) is 0 Å². The summed E-state index contributed by atoms with van der Waals surface area (Å²) >= 11 is 0. The zero-order valence-electron chi connectivity index (χ0n) is 19.3. The Bertz CT molecular complexity index is 1040. The number of carbonyl (C=O) groups is 2. The van der Waals surface area contributed by atoms with Crippen molar-refractivity contribution in [3.63, 3.8) is 0 Å². The molecular formula is C25H30N4O4. The summed E-state index contributed by atoms with van der Waals surface area (Å²) < 4.78 is 10.3. The summed E-state index contributed by atoms with van der Waals surface area (Å²) in [6.07, 6.45) is 0. The van der Waals surface area contributed by atoms with Gasteiger partial charge in [0.05, 0.1) is 25.8 Å². The monoisotopic (exact) mass is 450 g/mol. The van der Waals surface area contributed by atoms with Gasteiger partial charge in [0, 0.05) is 44.1 Å². The van der Waals surface area contributed by atoms with Crippen LogP contribution in [-0.2, 0) is 9.53 Å². The van der Waals surface area contributed by atoms with Crippen LogP contribution in [0.2, 0.25) is 0 Å². The Kier molecular flexibility index (Phi) is 6.84. The molecule has 2 heterocycles. The maximum atomic E-state index is 12.8. The molecule has 4 rings (SSSR count). The molecule has 174 valence electrons. The van der Waals surface area contributed by atoms with Crippen LogP contribution < -0.4 is 20.3 Å². The highest BCUT2D eigenvalue weighted by Gasteiger charge is 2.34. The summed E-state index contributed by atoms with van der Waals surface area (Å²) in [4.78, 5) is 29.9. The summed E-state index contributed by atoms with van der Waals surface area (Å²) in [5.41, 5.74) is 4.29. The number of hydrogen-bond acceptors (Lipinski definition) is 6. The molecule has 0 unspecified atom stereocenters. The standard InChI is InChI=1S/C25H30N4O4/c1-17-6-4-5-7-21(17)29-14-12-28(13-15-29)16-20-22(24(30)33-3)23(27-25(31)26-20)18-8-10-19(32-2)11-9-18/h4-11,23H,12-16H2,1-3H3,(H2,26,27,31)/t23-/m1/s1. The highest BCUT2D eigenvalue weighted by Crippen LogP contribution is 2.29. The summed E-state index contributed by atoms with van der Waals surface area (Å²) in [6.45, 7) is 5.98. The predicted octanol–water partition coefficient (Wildman–Crippen LogP) is 2.61. The Labute approximate surface area is 194 Å². The molecule has 0 spiro atoms. The van der Waals surface area contributed by atoms with Crippen molar-refractivity contribution in [1.29, 1.82) is 0 Å². The zero-order valence-corrected chi connectivity index (χ0v) is 19.3. The fourth-order valence-electron chi connectivity index (χ4n) is 4.43. The number of urea groups is 1. The van der Waals surface area contributed by atoms with E-state index in [1.807, 2.05) is 24.3 Å². The third-order valence-corrected chi connectivity index (χ3v) is 6.22. The Hall–Kier alpha value is -3.52. The number of ether oxygens (including phenoxy) is 2. The molecule has 0 radical (unpaired) electrons. The van der Waals surface area contributed by atoms with Gasteiger partial charge in [-0.2, -0.15) is 0 Å². The summed E-state index contributed by atoms with van der Waals surface area (Å²) in [7, 11) is 2.95. The minimum absolute atomic E-state index is 0.336. The van der Waals surface area contributed by atoms with Gasteiger partial charge in [-0.25, -0.2) is 9.59 Å². The number of amides is 2. The Morgan fingerprint density at radius 3 is 2.36 bits per heavy atom. The van der Waals surface area contributed by atoms with Gasteiger partial charge in [-0.05, 0) is 36.2 Å². The second-order valence-electron chi connectivity index (χ2n) is 8.24. The summed E-state index contributed by atoms with van der Waals surface area (Å²) in [5, 5.41) is 5.71. The lowest BCUT2D eigenvalue weighted by atomic mass is 9.95. The fourth-order valence-corrected chi connectivity index (χ4v) is 4.43. The van der Waals surface area contributed by atoms with E-state index in [1.165, 1.54) is 18.4 Å². The van der Waals surface area contributed by atoms with Crippen LogP contribution >= 0.6 is 0 Å². The number of esters is 1. The van der Waals surface area contributed by atoms with Gasteiger partial charge in [0.15, 0.2) is 0 Å². The summed E-state index contributed by atoms with van der Waals surface area (Å²) in [5.74, 6) is 0.242. The van der Waals surface area contributed by atoms with E-state index in [1.54, 1.807) is 7.11 Å². The molecule has 33 heavy (non-hydrogen) atoms. The van der Waals surface area contributed by atoms with Crippen LogP contribution in [0, 0.1) is 6.92 Å². The molecule has 1 saturated heterocycles. The highest BCUT2D eigenvalue weighted by molar-refractivity contribution is 5.95. The first kappa shape index (κ1) is 22.7. The number of anilines is 1. The number of benzene rings is 2. The normalized spacial score (nSPS) is 19.1. The van der Waals surface area contributed by atoms with Crippen molar-refractivity contribution in [2.45, 2.75) is 13.0 Å². The van der Waals surface area contributed by atoms with E-state index in [9.17, 15) is 9.59 Å². The van der Waals surface area contributed by atoms with Crippen LogP contribution in [0.25, 0.3) is 0 Å². The minimum Gasteiger partial charge on any atom is -0.497 e. The van der Waals surface area contributed by atoms with Crippen molar-refractivity contribution in [3.8, 4) is 5.75 Å². The average molecular weight is 451 g/mol. The van der Waals surface area contributed by atoms with E-state index in [-0.39, 0.29) is 6.03 Å². The lowest BCUT2D eigenvalue weighted by Crippen LogP contribution is -2.51. The molecule has 0 aromatic heterocycles. The second kappa shape index (κ2) is 9.95. The van der Waals surface area contributed by atoms with Crippen molar-refractivity contribution in [2.75, 3.05) is 51.8 Å². The van der Waals surface area contributed by atoms with Crippen LogP contribution in [0.15, 0.2) is 59.8 Å². The van der Waals surface area contributed by atoms with Gasteiger partial charge in [-0.15, -0.1) is 0 Å². The van der Waals surface area contributed by atoms with Crippen LogP contribution in [0.4, 0.5) is 10.5 Å².